The average Bonchev–Trinajstić information content (AvgIpc) is 2.54. The van der Waals surface area contributed by atoms with Crippen LogP contribution >= 0.6 is 23.5 Å². The van der Waals surface area contributed by atoms with Gasteiger partial charge in [-0.3, -0.25) is 0 Å². The van der Waals surface area contributed by atoms with Crippen molar-refractivity contribution >= 4 is 29.5 Å². The van der Waals surface area contributed by atoms with Gasteiger partial charge in [-0.1, -0.05) is 0 Å². The fourth-order valence-corrected chi connectivity index (χ4v) is 1.89. The second-order valence-electron chi connectivity index (χ2n) is 2.34. The van der Waals surface area contributed by atoms with E-state index in [4.69, 9.17) is 16.3 Å². The number of hydrogen-bond acceptors (Lipinski definition) is 5. The zero-order valence-electron chi connectivity index (χ0n) is 6.62. The molecule has 0 aromatic heterocycles. The smallest absolute Gasteiger partial charge is 0.338 e. The summed E-state index contributed by atoms with van der Waals surface area (Å²) in [6, 6.07) is 0. The first-order valence-electron chi connectivity index (χ1n) is 3.52. The Morgan fingerprint density at radius 1 is 1.83 bits per heavy atom. The Hall–Kier alpha value is -0.290. The number of alkyl halides is 1. The van der Waals surface area contributed by atoms with Crippen molar-refractivity contribution < 1.29 is 9.53 Å². The molecule has 0 N–H and O–H groups in total. The van der Waals surface area contributed by atoms with Gasteiger partial charge in [-0.05, 0) is 6.92 Å². The molecule has 0 aliphatic carbocycles. The molecule has 1 aliphatic heterocycles. The van der Waals surface area contributed by atoms with Crippen LogP contribution in [0.4, 0.5) is 0 Å². The molecular weight excluding hydrogens is 200 g/mol. The zero-order valence-corrected chi connectivity index (χ0v) is 8.19. The molecule has 0 amide bonds. The summed E-state index contributed by atoms with van der Waals surface area (Å²) in [6.07, 6.45) is 0. The molecule has 0 bridgehead atoms. The summed E-state index contributed by atoms with van der Waals surface area (Å²) in [7, 11) is 0. The third kappa shape index (κ3) is 1.72. The lowest BCUT2D eigenvalue weighted by atomic mass is 10.1. The maximum Gasteiger partial charge on any atom is 0.338 e. The number of esters is 1. The average molecular weight is 209 g/mol. The van der Waals surface area contributed by atoms with E-state index in [0.717, 1.165) is 0 Å². The Labute approximate surface area is 79.8 Å². The first kappa shape index (κ1) is 9.80. The van der Waals surface area contributed by atoms with Gasteiger partial charge in [0.2, 0.25) is 5.54 Å². The summed E-state index contributed by atoms with van der Waals surface area (Å²) in [5, 5.41) is 3.79. The molecule has 6 heteroatoms. The summed E-state index contributed by atoms with van der Waals surface area (Å²) < 4.78 is 8.50. The van der Waals surface area contributed by atoms with E-state index < -0.39 is 5.54 Å². The van der Waals surface area contributed by atoms with Crippen molar-refractivity contribution in [1.82, 2.24) is 0 Å². The Kier molecular flexibility index (Phi) is 3.34. The van der Waals surface area contributed by atoms with Crippen LogP contribution in [0.5, 0.6) is 0 Å². The first-order valence-corrected chi connectivity index (χ1v) is 5.00. The maximum absolute atomic E-state index is 11.3. The minimum Gasteiger partial charge on any atom is -0.464 e. The third-order valence-electron chi connectivity index (χ3n) is 1.47. The fourth-order valence-electron chi connectivity index (χ4n) is 0.757. The van der Waals surface area contributed by atoms with Gasteiger partial charge in [0.1, 0.15) is 0 Å². The lowest BCUT2D eigenvalue weighted by Gasteiger charge is -2.17. The highest BCUT2D eigenvalue weighted by atomic mass is 35.5. The molecule has 0 saturated heterocycles. The van der Waals surface area contributed by atoms with Crippen LogP contribution < -0.4 is 0 Å². The predicted molar refractivity (Wildman–Crippen MR) is 47.4 cm³/mol. The summed E-state index contributed by atoms with van der Waals surface area (Å²) in [4.78, 5) is 11.3. The Balaban J connectivity index is 2.66. The van der Waals surface area contributed by atoms with E-state index in [1.807, 2.05) is 0 Å². The second-order valence-corrected chi connectivity index (χ2v) is 3.32. The zero-order chi connectivity index (χ0) is 9.03. The summed E-state index contributed by atoms with van der Waals surface area (Å²) in [6.45, 7) is 2.09. The SMILES string of the molecule is CCOC(=O)C1(CCl)CSN=N1. The number of rotatable bonds is 3. The lowest BCUT2D eigenvalue weighted by Crippen LogP contribution is -2.40. The van der Waals surface area contributed by atoms with E-state index >= 15 is 0 Å². The minimum atomic E-state index is -0.928. The van der Waals surface area contributed by atoms with Crippen LogP contribution in [0.2, 0.25) is 0 Å². The van der Waals surface area contributed by atoms with Gasteiger partial charge < -0.3 is 4.74 Å². The van der Waals surface area contributed by atoms with Crippen molar-refractivity contribution in [2.24, 2.45) is 9.63 Å². The lowest BCUT2D eigenvalue weighted by molar-refractivity contribution is -0.147. The quantitative estimate of drug-likeness (QED) is 0.403. The molecule has 1 heterocycles. The van der Waals surface area contributed by atoms with Crippen LogP contribution in [0.1, 0.15) is 6.92 Å². The normalized spacial score (nSPS) is 27.5. The molecule has 1 unspecified atom stereocenters. The van der Waals surface area contributed by atoms with E-state index in [1.165, 1.54) is 11.9 Å². The van der Waals surface area contributed by atoms with E-state index in [2.05, 4.69) is 9.63 Å². The van der Waals surface area contributed by atoms with Crippen molar-refractivity contribution in [1.29, 1.82) is 0 Å². The van der Waals surface area contributed by atoms with Gasteiger partial charge in [-0.2, -0.15) is 5.11 Å². The van der Waals surface area contributed by atoms with Gasteiger partial charge in [0.05, 0.1) is 18.2 Å². The third-order valence-corrected chi connectivity index (χ3v) is 2.72. The molecule has 0 radical (unpaired) electrons. The number of hydrogen-bond donors (Lipinski definition) is 0. The van der Waals surface area contributed by atoms with E-state index in [1.54, 1.807) is 6.92 Å². The van der Waals surface area contributed by atoms with Crippen LogP contribution in [-0.4, -0.2) is 29.7 Å². The van der Waals surface area contributed by atoms with Gasteiger partial charge in [0.25, 0.3) is 0 Å². The highest BCUT2D eigenvalue weighted by Gasteiger charge is 2.42. The van der Waals surface area contributed by atoms with E-state index in [-0.39, 0.29) is 11.8 Å². The molecular formula is C6H9ClN2O2S. The number of nitrogens with zero attached hydrogens (tertiary/aromatic N) is 2. The molecule has 0 saturated carbocycles. The van der Waals surface area contributed by atoms with E-state index in [9.17, 15) is 4.79 Å². The molecule has 1 atom stereocenters. The molecule has 1 rings (SSSR count). The van der Waals surface area contributed by atoms with Gasteiger partial charge >= 0.3 is 5.97 Å². The van der Waals surface area contributed by atoms with Crippen LogP contribution in [0, 0.1) is 0 Å². The highest BCUT2D eigenvalue weighted by molar-refractivity contribution is 7.98. The first-order chi connectivity index (χ1) is 5.75. The van der Waals surface area contributed by atoms with Crippen molar-refractivity contribution in [3.8, 4) is 0 Å². The standard InChI is InChI=1S/C6H9ClN2O2S/c1-2-11-5(10)6(3-7)4-12-9-8-6/h2-4H2,1H3. The number of carbonyl (C=O) groups is 1. The van der Waals surface area contributed by atoms with Crippen LogP contribution in [0.3, 0.4) is 0 Å². The maximum atomic E-state index is 11.3. The van der Waals surface area contributed by atoms with Crippen molar-refractivity contribution in [2.45, 2.75) is 12.5 Å². The van der Waals surface area contributed by atoms with Gasteiger partial charge in [-0.15, -0.1) is 16.1 Å². The molecule has 1 aliphatic rings. The predicted octanol–water partition coefficient (Wildman–Crippen LogP) is 1.64. The molecule has 0 spiro atoms. The topological polar surface area (TPSA) is 51.0 Å². The summed E-state index contributed by atoms with van der Waals surface area (Å²) in [5.41, 5.74) is -0.928. The molecule has 0 aromatic rings. The van der Waals surface area contributed by atoms with Crippen molar-refractivity contribution in [3.05, 3.63) is 0 Å². The molecule has 0 aromatic carbocycles. The van der Waals surface area contributed by atoms with Crippen LogP contribution in [0.25, 0.3) is 0 Å². The molecule has 68 valence electrons. The molecule has 0 fully saturated rings. The fraction of sp³-hybridized carbons (Fsp3) is 0.833. The Morgan fingerprint density at radius 3 is 3.00 bits per heavy atom. The van der Waals surface area contributed by atoms with Crippen molar-refractivity contribution in [2.75, 3.05) is 18.2 Å². The number of carbonyl (C=O) groups excluding carboxylic acids is 1. The molecule has 12 heavy (non-hydrogen) atoms. The Bertz CT molecular complexity index is 212. The van der Waals surface area contributed by atoms with Crippen molar-refractivity contribution in [3.63, 3.8) is 0 Å². The van der Waals surface area contributed by atoms with Gasteiger partial charge in [-0.25, -0.2) is 4.79 Å². The monoisotopic (exact) mass is 208 g/mol. The Morgan fingerprint density at radius 2 is 2.58 bits per heavy atom. The summed E-state index contributed by atoms with van der Waals surface area (Å²) >= 11 is 6.86. The number of ether oxygens (including phenoxy) is 1. The van der Waals surface area contributed by atoms with Gasteiger partial charge in [0.15, 0.2) is 0 Å². The number of halogens is 1. The van der Waals surface area contributed by atoms with Crippen LogP contribution in [-0.2, 0) is 9.53 Å². The summed E-state index contributed by atoms with van der Waals surface area (Å²) in [5.74, 6) is 0.228. The second kappa shape index (κ2) is 4.09. The highest BCUT2D eigenvalue weighted by Crippen LogP contribution is 2.30. The van der Waals surface area contributed by atoms with Crippen LogP contribution in [0.15, 0.2) is 9.63 Å². The minimum absolute atomic E-state index is 0.127. The molecule has 4 nitrogen and oxygen atoms in total. The largest absolute Gasteiger partial charge is 0.464 e. The van der Waals surface area contributed by atoms with E-state index in [0.29, 0.717) is 12.4 Å². The van der Waals surface area contributed by atoms with Gasteiger partial charge in [0, 0.05) is 11.9 Å².